The van der Waals surface area contributed by atoms with Gasteiger partial charge >= 0.3 is 29.6 Å². The first-order valence-corrected chi connectivity index (χ1v) is 7.65. The van der Waals surface area contributed by atoms with E-state index in [4.69, 9.17) is 0 Å². The Morgan fingerprint density at radius 2 is 2.05 bits per heavy atom. The molecule has 2 heterocycles. The molecule has 8 heteroatoms. The van der Waals surface area contributed by atoms with Crippen molar-refractivity contribution in [2.45, 2.75) is 43.9 Å². The monoisotopic (exact) mass is 325 g/mol. The molecule has 0 aliphatic carbocycles. The molecule has 0 aromatic rings. The summed E-state index contributed by atoms with van der Waals surface area (Å²) in [7, 11) is 0. The van der Waals surface area contributed by atoms with Gasteiger partial charge in [-0.2, -0.15) is 0 Å². The minimum Gasteiger partial charge on any atom is -0.543 e. The maximum Gasteiger partial charge on any atom is 1.00 e. The number of carbonyl (C=O) groups is 2. The number of thioether (sulfide) groups is 2. The van der Waals surface area contributed by atoms with Crippen molar-refractivity contribution in [1.29, 1.82) is 0 Å². The van der Waals surface area contributed by atoms with Crippen LogP contribution in [0.5, 0.6) is 0 Å². The van der Waals surface area contributed by atoms with Gasteiger partial charge in [0.05, 0.1) is 27.9 Å². The van der Waals surface area contributed by atoms with Gasteiger partial charge in [0.2, 0.25) is 5.91 Å². The molecule has 1 saturated heterocycles. The second-order valence-corrected chi connectivity index (χ2v) is 8.84. The largest absolute Gasteiger partial charge is 1.00 e. The van der Waals surface area contributed by atoms with Crippen LogP contribution in [0, 0.1) is 5.92 Å². The van der Waals surface area contributed by atoms with Crippen LogP contribution in [0.3, 0.4) is 0 Å². The molecule has 0 unspecified atom stereocenters. The Morgan fingerprint density at radius 1 is 1.50 bits per heavy atom. The van der Waals surface area contributed by atoms with Crippen LogP contribution in [0.2, 0.25) is 0 Å². The third-order valence-corrected chi connectivity index (χ3v) is 5.54. The molecule has 0 spiro atoms. The van der Waals surface area contributed by atoms with Crippen molar-refractivity contribution in [2.75, 3.05) is 0 Å². The molecule has 2 aliphatic heterocycles. The van der Waals surface area contributed by atoms with Crippen molar-refractivity contribution < 1.29 is 49.4 Å². The van der Waals surface area contributed by atoms with Crippen LogP contribution < -0.4 is 34.7 Å². The summed E-state index contributed by atoms with van der Waals surface area (Å²) in [6, 6.07) is 0. The molecule has 5 nitrogen and oxygen atoms in total. The molecule has 0 radical (unpaired) electrons. The van der Waals surface area contributed by atoms with Gasteiger partial charge < -0.3 is 15.0 Å². The first kappa shape index (κ1) is 18.4. The third-order valence-electron chi connectivity index (χ3n) is 2.86. The zero-order chi connectivity index (χ0) is 14.5. The van der Waals surface area contributed by atoms with Gasteiger partial charge in [0.1, 0.15) is 5.37 Å². The number of fused-ring (bicyclic) bond motifs is 1. The first-order chi connectivity index (χ1) is 8.63. The number of hydrogen-bond donors (Lipinski definition) is 1. The van der Waals surface area contributed by atoms with Crippen molar-refractivity contribution in [1.82, 2.24) is 4.90 Å². The Labute approximate surface area is 148 Å². The zero-order valence-corrected chi connectivity index (χ0v) is 15.8. The van der Waals surface area contributed by atoms with Crippen molar-refractivity contribution in [3.05, 3.63) is 9.93 Å². The summed E-state index contributed by atoms with van der Waals surface area (Å²) in [5.74, 6) is -2.20. The molecular weight excluding hydrogens is 309 g/mol. The number of carboxylic acids is 1. The van der Waals surface area contributed by atoms with E-state index in [-0.39, 0.29) is 51.3 Å². The van der Waals surface area contributed by atoms with Crippen LogP contribution in [0.1, 0.15) is 27.7 Å². The molecule has 1 N–H and O–H groups in total. The smallest absolute Gasteiger partial charge is 0.543 e. The fourth-order valence-electron chi connectivity index (χ4n) is 2.09. The second-order valence-electron chi connectivity index (χ2n) is 5.62. The number of carboxylic acid groups (broad SMARTS) is 1. The molecule has 0 aromatic heterocycles. The Hall–Kier alpha value is 0.340. The van der Waals surface area contributed by atoms with E-state index in [1.807, 2.05) is 20.8 Å². The summed E-state index contributed by atoms with van der Waals surface area (Å²) >= 11 is 2.74. The van der Waals surface area contributed by atoms with Gasteiger partial charge in [-0.15, -0.1) is 11.8 Å². The van der Waals surface area contributed by atoms with Crippen LogP contribution >= 0.6 is 23.5 Å². The van der Waals surface area contributed by atoms with E-state index in [1.54, 1.807) is 6.92 Å². The fourth-order valence-corrected chi connectivity index (χ4v) is 5.48. The summed E-state index contributed by atoms with van der Waals surface area (Å²) in [4.78, 5) is 24.4. The summed E-state index contributed by atoms with van der Waals surface area (Å²) in [6.07, 6.45) is -0.775. The second kappa shape index (κ2) is 6.22. The standard InChI is InChI=1S/C12H17NO4S2.Na/c1-5(14)6-8(15)13-7(10(16)17)11(18-9(6)13)19-12(2,3)4;/h5-6,9,14H,1-4H3,(H,16,17);/q;+1/p-1/t5-,6+,9-;/m1./s1. The molecule has 2 aliphatic rings. The van der Waals surface area contributed by atoms with Crippen LogP contribution in [0.4, 0.5) is 0 Å². The summed E-state index contributed by atoms with van der Waals surface area (Å²) < 4.78 is 0.436. The van der Waals surface area contributed by atoms with E-state index in [0.717, 1.165) is 0 Å². The minimum absolute atomic E-state index is 0. The van der Waals surface area contributed by atoms with Crippen molar-refractivity contribution in [2.24, 2.45) is 5.92 Å². The number of aliphatic hydroxyl groups is 1. The number of nitrogens with zero attached hydrogens (tertiary/aromatic N) is 1. The Balaban J connectivity index is 0.00000200. The number of rotatable bonds is 3. The SMILES string of the molecule is C[C@@H](O)[C@H]1C(=O)N2C(C(=O)[O-])=C(SC(C)(C)C)S[C@H]12.[Na+]. The van der Waals surface area contributed by atoms with Gasteiger partial charge in [-0.25, -0.2) is 0 Å². The molecule has 2 rings (SSSR count). The zero-order valence-electron chi connectivity index (χ0n) is 12.2. The number of hydrogen-bond acceptors (Lipinski definition) is 6. The van der Waals surface area contributed by atoms with E-state index in [9.17, 15) is 19.8 Å². The van der Waals surface area contributed by atoms with Crippen molar-refractivity contribution >= 4 is 35.4 Å². The molecule has 106 valence electrons. The van der Waals surface area contributed by atoms with Crippen molar-refractivity contribution in [3.63, 3.8) is 0 Å². The maximum atomic E-state index is 11.9. The van der Waals surface area contributed by atoms with Gasteiger partial charge in [-0.05, 0) is 6.92 Å². The molecule has 3 atom stereocenters. The molecule has 1 amide bonds. The molecule has 20 heavy (non-hydrogen) atoms. The van der Waals surface area contributed by atoms with Gasteiger partial charge in [0.15, 0.2) is 0 Å². The number of amides is 1. The Kier molecular flexibility index (Phi) is 5.72. The van der Waals surface area contributed by atoms with Gasteiger partial charge in [0.25, 0.3) is 0 Å². The predicted molar refractivity (Wildman–Crippen MR) is 72.8 cm³/mol. The topological polar surface area (TPSA) is 80.7 Å². The predicted octanol–water partition coefficient (Wildman–Crippen LogP) is -2.65. The fraction of sp³-hybridized carbons (Fsp3) is 0.667. The molecule has 0 saturated carbocycles. The van der Waals surface area contributed by atoms with Crippen LogP contribution in [0.25, 0.3) is 0 Å². The maximum absolute atomic E-state index is 11.9. The van der Waals surface area contributed by atoms with E-state index < -0.39 is 18.0 Å². The molecule has 0 bridgehead atoms. The quantitative estimate of drug-likeness (QED) is 0.451. The van der Waals surface area contributed by atoms with E-state index in [2.05, 4.69) is 0 Å². The third kappa shape index (κ3) is 3.23. The summed E-state index contributed by atoms with van der Waals surface area (Å²) in [5.41, 5.74) is -0.0446. The average Bonchev–Trinajstić information content (AvgIpc) is 2.49. The van der Waals surface area contributed by atoms with Gasteiger partial charge in [0, 0.05) is 4.75 Å². The van der Waals surface area contributed by atoms with Gasteiger partial charge in [-0.1, -0.05) is 32.5 Å². The minimum atomic E-state index is -1.33. The Bertz CT molecular complexity index is 473. The van der Waals surface area contributed by atoms with Crippen LogP contribution in [-0.2, 0) is 9.59 Å². The first-order valence-electron chi connectivity index (χ1n) is 5.96. The number of β-lactam (4-membered cyclic amide) rings is 1. The van der Waals surface area contributed by atoms with Gasteiger partial charge in [-0.3, -0.25) is 9.69 Å². The summed E-state index contributed by atoms with van der Waals surface area (Å²) in [6.45, 7) is 7.47. The van der Waals surface area contributed by atoms with Crippen molar-refractivity contribution in [3.8, 4) is 0 Å². The van der Waals surface area contributed by atoms with E-state index >= 15 is 0 Å². The normalized spacial score (nSPS) is 26.9. The van der Waals surface area contributed by atoms with Crippen LogP contribution in [0.15, 0.2) is 9.93 Å². The molecule has 1 fully saturated rings. The Morgan fingerprint density at radius 3 is 2.45 bits per heavy atom. The van der Waals surface area contributed by atoms with Crippen LogP contribution in [-0.4, -0.2) is 38.1 Å². The van der Waals surface area contributed by atoms with E-state index in [1.165, 1.54) is 28.4 Å². The number of carbonyl (C=O) groups excluding carboxylic acids is 2. The molecular formula is C12H16NNaO4S2. The number of aliphatic hydroxyl groups excluding tert-OH is 1. The average molecular weight is 325 g/mol. The molecule has 0 aromatic carbocycles. The summed E-state index contributed by atoms with van der Waals surface area (Å²) in [5, 5.41) is 20.5. The van der Waals surface area contributed by atoms with E-state index in [0.29, 0.717) is 4.24 Å². The number of aliphatic carboxylic acids is 1.